The molecule has 0 spiro atoms. The molecule has 0 radical (unpaired) electrons. The number of aryl methyl sites for hydroxylation is 2. The van der Waals surface area contributed by atoms with Crippen molar-refractivity contribution in [2.75, 3.05) is 6.54 Å². The van der Waals surface area contributed by atoms with Crippen LogP contribution in [0.15, 0.2) is 0 Å². The number of rotatable bonds is 5. The summed E-state index contributed by atoms with van der Waals surface area (Å²) in [4.78, 5) is 6.16. The standard InChI is InChI=1S/C12H20N2S/c1-4-10-8(3)15-12(14-10)11(13-5-2)9-6-7-9/h9,11,13H,4-7H2,1-3H3. The van der Waals surface area contributed by atoms with Gasteiger partial charge in [-0.05, 0) is 38.6 Å². The van der Waals surface area contributed by atoms with E-state index in [2.05, 4.69) is 26.1 Å². The van der Waals surface area contributed by atoms with E-state index in [1.807, 2.05) is 11.3 Å². The lowest BCUT2D eigenvalue weighted by atomic mass is 10.2. The molecular weight excluding hydrogens is 204 g/mol. The molecule has 1 aliphatic rings. The van der Waals surface area contributed by atoms with E-state index in [-0.39, 0.29) is 0 Å². The lowest BCUT2D eigenvalue weighted by molar-refractivity contribution is 0.493. The van der Waals surface area contributed by atoms with Gasteiger partial charge in [0.15, 0.2) is 0 Å². The Morgan fingerprint density at radius 2 is 2.20 bits per heavy atom. The van der Waals surface area contributed by atoms with Gasteiger partial charge in [0.1, 0.15) is 5.01 Å². The molecule has 0 aliphatic heterocycles. The fourth-order valence-electron chi connectivity index (χ4n) is 2.02. The van der Waals surface area contributed by atoms with Crippen molar-refractivity contribution >= 4 is 11.3 Å². The van der Waals surface area contributed by atoms with Crippen LogP contribution in [0.2, 0.25) is 0 Å². The molecule has 0 saturated heterocycles. The molecule has 1 unspecified atom stereocenters. The molecule has 1 atom stereocenters. The van der Waals surface area contributed by atoms with Crippen molar-refractivity contribution in [1.82, 2.24) is 10.3 Å². The van der Waals surface area contributed by atoms with Gasteiger partial charge in [-0.25, -0.2) is 4.98 Å². The van der Waals surface area contributed by atoms with E-state index in [0.29, 0.717) is 6.04 Å². The third-order valence-electron chi connectivity index (χ3n) is 3.03. The van der Waals surface area contributed by atoms with Gasteiger partial charge in [0.2, 0.25) is 0 Å². The summed E-state index contributed by atoms with van der Waals surface area (Å²) < 4.78 is 0. The van der Waals surface area contributed by atoms with Crippen LogP contribution < -0.4 is 5.32 Å². The number of nitrogens with zero attached hydrogens (tertiary/aromatic N) is 1. The van der Waals surface area contributed by atoms with Gasteiger partial charge in [-0.3, -0.25) is 0 Å². The van der Waals surface area contributed by atoms with Crippen LogP contribution in [0.25, 0.3) is 0 Å². The zero-order chi connectivity index (χ0) is 10.8. The second-order valence-corrected chi connectivity index (χ2v) is 5.52. The quantitative estimate of drug-likeness (QED) is 0.831. The maximum Gasteiger partial charge on any atom is 0.110 e. The molecule has 1 fully saturated rings. The van der Waals surface area contributed by atoms with Crippen molar-refractivity contribution in [2.24, 2.45) is 5.92 Å². The van der Waals surface area contributed by atoms with E-state index in [1.165, 1.54) is 28.4 Å². The van der Waals surface area contributed by atoms with Gasteiger partial charge < -0.3 is 5.32 Å². The van der Waals surface area contributed by atoms with Gasteiger partial charge in [0, 0.05) is 4.88 Å². The van der Waals surface area contributed by atoms with E-state index in [4.69, 9.17) is 4.98 Å². The normalized spacial score (nSPS) is 18.1. The topological polar surface area (TPSA) is 24.9 Å². The Balaban J connectivity index is 2.17. The summed E-state index contributed by atoms with van der Waals surface area (Å²) >= 11 is 1.88. The number of hydrogen-bond donors (Lipinski definition) is 1. The lowest BCUT2D eigenvalue weighted by Crippen LogP contribution is -2.22. The van der Waals surface area contributed by atoms with Gasteiger partial charge >= 0.3 is 0 Å². The zero-order valence-electron chi connectivity index (χ0n) is 9.84. The molecule has 1 aromatic heterocycles. The molecule has 2 nitrogen and oxygen atoms in total. The summed E-state index contributed by atoms with van der Waals surface area (Å²) in [5.41, 5.74) is 1.29. The third-order valence-corrected chi connectivity index (χ3v) is 4.12. The van der Waals surface area contributed by atoms with Crippen LogP contribution in [-0.4, -0.2) is 11.5 Å². The molecule has 2 rings (SSSR count). The predicted molar refractivity (Wildman–Crippen MR) is 65.4 cm³/mol. The van der Waals surface area contributed by atoms with Crippen molar-refractivity contribution in [3.05, 3.63) is 15.6 Å². The molecule has 0 aromatic carbocycles. The van der Waals surface area contributed by atoms with Crippen molar-refractivity contribution in [3.8, 4) is 0 Å². The Morgan fingerprint density at radius 3 is 2.67 bits per heavy atom. The molecule has 1 aliphatic carbocycles. The summed E-state index contributed by atoms with van der Waals surface area (Å²) in [6, 6.07) is 0.527. The molecule has 0 bridgehead atoms. The molecule has 1 heterocycles. The molecule has 3 heteroatoms. The molecule has 0 amide bonds. The van der Waals surface area contributed by atoms with Crippen molar-refractivity contribution < 1.29 is 0 Å². The first-order chi connectivity index (χ1) is 7.26. The fraction of sp³-hybridized carbons (Fsp3) is 0.750. The summed E-state index contributed by atoms with van der Waals surface area (Å²) in [6.45, 7) is 7.60. The number of aromatic nitrogens is 1. The number of hydrogen-bond acceptors (Lipinski definition) is 3. The largest absolute Gasteiger partial charge is 0.308 e. The average Bonchev–Trinajstić information content (AvgIpc) is 2.99. The van der Waals surface area contributed by atoms with Crippen LogP contribution in [0, 0.1) is 12.8 Å². The second kappa shape index (κ2) is 4.62. The first kappa shape index (κ1) is 11.1. The highest BCUT2D eigenvalue weighted by Gasteiger charge is 2.33. The average molecular weight is 224 g/mol. The van der Waals surface area contributed by atoms with E-state index in [0.717, 1.165) is 18.9 Å². The van der Waals surface area contributed by atoms with Gasteiger partial charge in [0.25, 0.3) is 0 Å². The highest BCUT2D eigenvalue weighted by molar-refractivity contribution is 7.11. The van der Waals surface area contributed by atoms with Crippen LogP contribution >= 0.6 is 11.3 Å². The predicted octanol–water partition coefficient (Wildman–Crippen LogP) is 3.07. The third kappa shape index (κ3) is 2.40. The van der Waals surface area contributed by atoms with Gasteiger partial charge in [-0.1, -0.05) is 13.8 Å². The Kier molecular flexibility index (Phi) is 3.42. The molecule has 1 N–H and O–H groups in total. The highest BCUT2D eigenvalue weighted by atomic mass is 32.1. The summed E-state index contributed by atoms with van der Waals surface area (Å²) in [6.07, 6.45) is 3.81. The monoisotopic (exact) mass is 224 g/mol. The minimum atomic E-state index is 0.527. The maximum absolute atomic E-state index is 4.76. The van der Waals surface area contributed by atoms with E-state index in [9.17, 15) is 0 Å². The Labute approximate surface area is 96.1 Å². The SMILES string of the molecule is CCNC(c1nc(CC)c(C)s1)C1CC1. The van der Waals surface area contributed by atoms with Gasteiger partial charge in [-0.2, -0.15) is 0 Å². The van der Waals surface area contributed by atoms with Crippen LogP contribution in [0.3, 0.4) is 0 Å². The van der Waals surface area contributed by atoms with Crippen molar-refractivity contribution in [2.45, 2.75) is 46.1 Å². The number of nitrogens with one attached hydrogen (secondary N) is 1. The first-order valence-corrected chi connectivity index (χ1v) is 6.77. The van der Waals surface area contributed by atoms with Crippen LogP contribution in [0.1, 0.15) is 48.3 Å². The van der Waals surface area contributed by atoms with Crippen molar-refractivity contribution in [1.29, 1.82) is 0 Å². The van der Waals surface area contributed by atoms with Crippen LogP contribution in [0.5, 0.6) is 0 Å². The highest BCUT2D eigenvalue weighted by Crippen LogP contribution is 2.42. The molecule has 15 heavy (non-hydrogen) atoms. The maximum atomic E-state index is 4.76. The van der Waals surface area contributed by atoms with Crippen LogP contribution in [-0.2, 0) is 6.42 Å². The van der Waals surface area contributed by atoms with Gasteiger partial charge in [0.05, 0.1) is 11.7 Å². The van der Waals surface area contributed by atoms with Crippen LogP contribution in [0.4, 0.5) is 0 Å². The smallest absolute Gasteiger partial charge is 0.110 e. The molecule has 1 saturated carbocycles. The Bertz CT molecular complexity index is 328. The summed E-state index contributed by atoms with van der Waals surface area (Å²) in [5.74, 6) is 0.847. The van der Waals surface area contributed by atoms with Gasteiger partial charge in [-0.15, -0.1) is 11.3 Å². The Hall–Kier alpha value is -0.410. The molecule has 1 aromatic rings. The summed E-state index contributed by atoms with van der Waals surface area (Å²) in [5, 5.41) is 4.89. The van der Waals surface area contributed by atoms with E-state index >= 15 is 0 Å². The summed E-state index contributed by atoms with van der Waals surface area (Å²) in [7, 11) is 0. The molecular formula is C12H20N2S. The lowest BCUT2D eigenvalue weighted by Gasteiger charge is -2.13. The van der Waals surface area contributed by atoms with E-state index in [1.54, 1.807) is 0 Å². The Morgan fingerprint density at radius 1 is 1.47 bits per heavy atom. The second-order valence-electron chi connectivity index (χ2n) is 4.28. The fourth-order valence-corrected chi connectivity index (χ4v) is 3.20. The zero-order valence-corrected chi connectivity index (χ0v) is 10.7. The van der Waals surface area contributed by atoms with E-state index < -0.39 is 0 Å². The molecule has 84 valence electrons. The minimum Gasteiger partial charge on any atom is -0.308 e. The number of thiazole rings is 1. The van der Waals surface area contributed by atoms with Crippen molar-refractivity contribution in [3.63, 3.8) is 0 Å². The first-order valence-electron chi connectivity index (χ1n) is 5.95. The minimum absolute atomic E-state index is 0.527.